The number of benzene rings is 1. The predicted molar refractivity (Wildman–Crippen MR) is 58.5 cm³/mol. The van der Waals surface area contributed by atoms with Crippen LogP contribution in [0.25, 0.3) is 0 Å². The van der Waals surface area contributed by atoms with Crippen molar-refractivity contribution in [1.29, 1.82) is 0 Å². The lowest BCUT2D eigenvalue weighted by Crippen LogP contribution is -2.25. The van der Waals surface area contributed by atoms with E-state index in [1.165, 1.54) is 0 Å². The Hall–Kier alpha value is -1.06. The van der Waals surface area contributed by atoms with E-state index in [-0.39, 0.29) is 6.17 Å². The highest BCUT2D eigenvalue weighted by Crippen LogP contribution is 2.24. The fourth-order valence-corrected chi connectivity index (χ4v) is 1.52. The standard InChI is InChI=1S/C11H18N2O/c1-7-6-10(14-4)8(2)5-9(7)11(12)13-3/h5-6,11,13H,12H2,1-4H3. The summed E-state index contributed by atoms with van der Waals surface area (Å²) in [5.41, 5.74) is 9.28. The Labute approximate surface area is 85.3 Å². The summed E-state index contributed by atoms with van der Waals surface area (Å²) in [6, 6.07) is 4.08. The number of nitrogens with one attached hydrogen (secondary N) is 1. The van der Waals surface area contributed by atoms with Crippen LogP contribution in [0.4, 0.5) is 0 Å². The van der Waals surface area contributed by atoms with Gasteiger partial charge < -0.3 is 15.8 Å². The molecule has 1 aromatic rings. The second-order valence-corrected chi connectivity index (χ2v) is 3.44. The molecule has 1 unspecified atom stereocenters. The van der Waals surface area contributed by atoms with Gasteiger partial charge >= 0.3 is 0 Å². The van der Waals surface area contributed by atoms with Crippen molar-refractivity contribution < 1.29 is 4.74 Å². The first-order valence-corrected chi connectivity index (χ1v) is 4.68. The molecule has 0 amide bonds. The first kappa shape index (κ1) is 11.0. The van der Waals surface area contributed by atoms with Crippen molar-refractivity contribution >= 4 is 0 Å². The van der Waals surface area contributed by atoms with Gasteiger partial charge in [-0.15, -0.1) is 0 Å². The number of nitrogens with two attached hydrogens (primary N) is 1. The Morgan fingerprint density at radius 1 is 1.29 bits per heavy atom. The van der Waals surface area contributed by atoms with Crippen molar-refractivity contribution in [2.24, 2.45) is 5.73 Å². The molecule has 0 saturated carbocycles. The second kappa shape index (κ2) is 4.44. The van der Waals surface area contributed by atoms with Crippen LogP contribution in [0, 0.1) is 13.8 Å². The zero-order chi connectivity index (χ0) is 10.7. The molecule has 1 rings (SSSR count). The topological polar surface area (TPSA) is 47.3 Å². The van der Waals surface area contributed by atoms with E-state index >= 15 is 0 Å². The zero-order valence-corrected chi connectivity index (χ0v) is 9.22. The van der Waals surface area contributed by atoms with Gasteiger partial charge in [0.1, 0.15) is 5.75 Å². The molecule has 3 nitrogen and oxygen atoms in total. The average molecular weight is 194 g/mol. The summed E-state index contributed by atoms with van der Waals surface area (Å²) in [6.45, 7) is 4.05. The molecule has 0 fully saturated rings. The van der Waals surface area contributed by atoms with Crippen molar-refractivity contribution in [2.75, 3.05) is 14.2 Å². The number of ether oxygens (including phenoxy) is 1. The van der Waals surface area contributed by atoms with E-state index in [2.05, 4.69) is 11.4 Å². The van der Waals surface area contributed by atoms with Crippen LogP contribution >= 0.6 is 0 Å². The van der Waals surface area contributed by atoms with Gasteiger partial charge in [-0.05, 0) is 49.7 Å². The molecule has 1 atom stereocenters. The molecule has 0 bridgehead atoms. The van der Waals surface area contributed by atoms with Crippen LogP contribution in [0.3, 0.4) is 0 Å². The molecule has 0 aromatic heterocycles. The third-order valence-corrected chi connectivity index (χ3v) is 2.43. The summed E-state index contributed by atoms with van der Waals surface area (Å²) < 4.78 is 5.23. The van der Waals surface area contributed by atoms with Gasteiger partial charge in [-0.25, -0.2) is 0 Å². The van der Waals surface area contributed by atoms with E-state index in [4.69, 9.17) is 10.5 Å². The Morgan fingerprint density at radius 2 is 1.93 bits per heavy atom. The summed E-state index contributed by atoms with van der Waals surface area (Å²) >= 11 is 0. The Morgan fingerprint density at radius 3 is 2.43 bits per heavy atom. The molecule has 0 aliphatic carbocycles. The summed E-state index contributed by atoms with van der Waals surface area (Å²) in [4.78, 5) is 0. The smallest absolute Gasteiger partial charge is 0.122 e. The predicted octanol–water partition coefficient (Wildman–Crippen LogP) is 1.49. The minimum Gasteiger partial charge on any atom is -0.496 e. The van der Waals surface area contributed by atoms with E-state index in [0.29, 0.717) is 0 Å². The van der Waals surface area contributed by atoms with Gasteiger partial charge in [0.05, 0.1) is 13.3 Å². The second-order valence-electron chi connectivity index (χ2n) is 3.44. The number of methoxy groups -OCH3 is 1. The third-order valence-electron chi connectivity index (χ3n) is 2.43. The van der Waals surface area contributed by atoms with Gasteiger partial charge in [0.25, 0.3) is 0 Å². The first-order valence-electron chi connectivity index (χ1n) is 4.68. The molecule has 0 aliphatic heterocycles. The Balaban J connectivity index is 3.14. The van der Waals surface area contributed by atoms with E-state index < -0.39 is 0 Å². The number of rotatable bonds is 3. The van der Waals surface area contributed by atoms with Gasteiger partial charge in [-0.1, -0.05) is 0 Å². The largest absolute Gasteiger partial charge is 0.496 e. The molecule has 3 heteroatoms. The fraction of sp³-hybridized carbons (Fsp3) is 0.455. The van der Waals surface area contributed by atoms with Gasteiger partial charge in [-0.2, -0.15) is 0 Å². The maximum absolute atomic E-state index is 5.90. The maximum atomic E-state index is 5.90. The van der Waals surface area contributed by atoms with Crippen LogP contribution < -0.4 is 15.8 Å². The molecule has 14 heavy (non-hydrogen) atoms. The van der Waals surface area contributed by atoms with Crippen molar-refractivity contribution in [3.63, 3.8) is 0 Å². The monoisotopic (exact) mass is 194 g/mol. The molecule has 78 valence electrons. The molecular weight excluding hydrogens is 176 g/mol. The average Bonchev–Trinajstić information content (AvgIpc) is 2.19. The highest BCUT2D eigenvalue weighted by molar-refractivity contribution is 5.42. The molecule has 1 aromatic carbocycles. The minimum absolute atomic E-state index is 0.111. The van der Waals surface area contributed by atoms with Gasteiger partial charge in [0, 0.05) is 0 Å². The normalized spacial score (nSPS) is 12.6. The van der Waals surface area contributed by atoms with Crippen LogP contribution in [-0.2, 0) is 0 Å². The molecule has 0 saturated heterocycles. The molecule has 0 aliphatic rings. The summed E-state index contributed by atoms with van der Waals surface area (Å²) in [5.74, 6) is 0.912. The highest BCUT2D eigenvalue weighted by Gasteiger charge is 2.09. The highest BCUT2D eigenvalue weighted by atomic mass is 16.5. The summed E-state index contributed by atoms with van der Waals surface area (Å²) in [7, 11) is 3.53. The lowest BCUT2D eigenvalue weighted by atomic mass is 10.0. The van der Waals surface area contributed by atoms with Crippen molar-refractivity contribution in [1.82, 2.24) is 5.32 Å². The van der Waals surface area contributed by atoms with E-state index in [9.17, 15) is 0 Å². The third kappa shape index (κ3) is 2.05. The Bertz CT molecular complexity index is 323. The van der Waals surface area contributed by atoms with Gasteiger partial charge in [0.15, 0.2) is 0 Å². The van der Waals surface area contributed by atoms with Crippen molar-refractivity contribution in [3.8, 4) is 5.75 Å². The van der Waals surface area contributed by atoms with Crippen LogP contribution in [0.5, 0.6) is 5.75 Å². The number of hydrogen-bond acceptors (Lipinski definition) is 3. The fourth-order valence-electron chi connectivity index (χ4n) is 1.52. The molecule has 0 radical (unpaired) electrons. The van der Waals surface area contributed by atoms with E-state index in [1.807, 2.05) is 27.0 Å². The minimum atomic E-state index is -0.111. The molecule has 0 spiro atoms. The lowest BCUT2D eigenvalue weighted by Gasteiger charge is -2.16. The van der Waals surface area contributed by atoms with Crippen LogP contribution in [0.15, 0.2) is 12.1 Å². The quantitative estimate of drug-likeness (QED) is 0.717. The number of hydrogen-bond donors (Lipinski definition) is 2. The molecule has 0 heterocycles. The van der Waals surface area contributed by atoms with Crippen molar-refractivity contribution in [2.45, 2.75) is 20.0 Å². The van der Waals surface area contributed by atoms with E-state index in [1.54, 1.807) is 7.11 Å². The summed E-state index contributed by atoms with van der Waals surface area (Å²) in [5, 5.41) is 3.02. The van der Waals surface area contributed by atoms with E-state index in [0.717, 1.165) is 22.4 Å². The van der Waals surface area contributed by atoms with Gasteiger partial charge in [0.2, 0.25) is 0 Å². The van der Waals surface area contributed by atoms with Gasteiger partial charge in [-0.3, -0.25) is 0 Å². The van der Waals surface area contributed by atoms with Crippen LogP contribution in [-0.4, -0.2) is 14.2 Å². The zero-order valence-electron chi connectivity index (χ0n) is 9.22. The SMILES string of the molecule is CNC(N)c1cc(C)c(OC)cc1C. The molecule has 3 N–H and O–H groups in total. The van der Waals surface area contributed by atoms with Crippen LogP contribution in [0.2, 0.25) is 0 Å². The maximum Gasteiger partial charge on any atom is 0.122 e. The van der Waals surface area contributed by atoms with Crippen molar-refractivity contribution in [3.05, 3.63) is 28.8 Å². The molecular formula is C11H18N2O. The summed E-state index contributed by atoms with van der Waals surface area (Å²) in [6.07, 6.45) is -0.111. The number of aryl methyl sites for hydroxylation is 2. The first-order chi connectivity index (χ1) is 6.60. The van der Waals surface area contributed by atoms with Crippen LogP contribution in [0.1, 0.15) is 22.9 Å². The lowest BCUT2D eigenvalue weighted by molar-refractivity contribution is 0.411. The Kier molecular flexibility index (Phi) is 3.49.